The minimum absolute atomic E-state index is 0.190. The third kappa shape index (κ3) is 4.11. The van der Waals surface area contributed by atoms with Crippen LogP contribution in [0.4, 0.5) is 10.2 Å². The SMILES string of the molecule is Cc1ccc(C2=NOC(C)(C)C2=O)cc1-c1cnc(NC(=O)C2=CC(F)=NCC2)cn1. The molecule has 3 heterocycles. The molecule has 2 aliphatic heterocycles. The molecule has 2 aliphatic rings. The molecule has 0 aliphatic carbocycles. The topological polar surface area (TPSA) is 106 Å². The van der Waals surface area contributed by atoms with Gasteiger partial charge in [0.1, 0.15) is 0 Å². The van der Waals surface area contributed by atoms with Crippen molar-refractivity contribution in [3.63, 3.8) is 0 Å². The Labute approximate surface area is 178 Å². The summed E-state index contributed by atoms with van der Waals surface area (Å²) >= 11 is 0. The molecule has 2 aromatic rings. The quantitative estimate of drug-likeness (QED) is 0.816. The van der Waals surface area contributed by atoms with Crippen LogP contribution in [0.3, 0.4) is 0 Å². The zero-order chi connectivity index (χ0) is 22.2. The second-order valence-corrected chi connectivity index (χ2v) is 7.77. The van der Waals surface area contributed by atoms with Crippen LogP contribution in [0.1, 0.15) is 31.4 Å². The monoisotopic (exact) mass is 421 g/mol. The number of carbonyl (C=O) groups is 2. The van der Waals surface area contributed by atoms with Crippen molar-refractivity contribution in [2.45, 2.75) is 32.8 Å². The van der Waals surface area contributed by atoms with Gasteiger partial charge in [-0.05, 0) is 38.8 Å². The fourth-order valence-corrected chi connectivity index (χ4v) is 3.21. The molecule has 0 saturated heterocycles. The van der Waals surface area contributed by atoms with Gasteiger partial charge in [0.05, 0.1) is 18.1 Å². The van der Waals surface area contributed by atoms with Gasteiger partial charge in [-0.15, -0.1) is 0 Å². The molecule has 9 heteroatoms. The first-order valence-corrected chi connectivity index (χ1v) is 9.71. The number of hydrogen-bond donors (Lipinski definition) is 1. The Morgan fingerprint density at radius 3 is 2.68 bits per heavy atom. The number of rotatable bonds is 4. The number of nitrogens with zero attached hydrogens (tertiary/aromatic N) is 4. The van der Waals surface area contributed by atoms with E-state index in [-0.39, 0.29) is 23.9 Å². The zero-order valence-electron chi connectivity index (χ0n) is 17.3. The Kier molecular flexibility index (Phi) is 5.18. The molecule has 1 amide bonds. The summed E-state index contributed by atoms with van der Waals surface area (Å²) in [7, 11) is 0. The van der Waals surface area contributed by atoms with Crippen LogP contribution in [-0.2, 0) is 14.4 Å². The van der Waals surface area contributed by atoms with Crippen LogP contribution < -0.4 is 5.32 Å². The number of carbonyl (C=O) groups excluding carboxylic acids is 2. The number of oxime groups is 1. The van der Waals surface area contributed by atoms with Gasteiger partial charge in [0.2, 0.25) is 11.7 Å². The maximum absolute atomic E-state index is 13.3. The van der Waals surface area contributed by atoms with E-state index in [0.29, 0.717) is 23.3 Å². The molecule has 0 atom stereocenters. The van der Waals surface area contributed by atoms with Crippen molar-refractivity contribution in [1.82, 2.24) is 9.97 Å². The van der Waals surface area contributed by atoms with Crippen LogP contribution in [-0.4, -0.2) is 45.5 Å². The number of anilines is 1. The number of dihydropyridines is 1. The Morgan fingerprint density at radius 1 is 1.23 bits per heavy atom. The van der Waals surface area contributed by atoms with Crippen LogP contribution in [0.15, 0.2) is 52.4 Å². The molecule has 4 rings (SSSR count). The lowest BCUT2D eigenvalue weighted by Gasteiger charge is -2.12. The number of aryl methyl sites for hydroxylation is 1. The number of amides is 1. The van der Waals surface area contributed by atoms with E-state index in [4.69, 9.17) is 4.84 Å². The number of ketones is 1. The molecule has 31 heavy (non-hydrogen) atoms. The number of aliphatic imine (C=N–C) groups is 1. The fraction of sp³-hybridized carbons (Fsp3) is 0.273. The summed E-state index contributed by atoms with van der Waals surface area (Å²) in [5, 5.41) is 6.56. The Morgan fingerprint density at radius 2 is 2.03 bits per heavy atom. The van der Waals surface area contributed by atoms with Gasteiger partial charge in [0, 0.05) is 29.3 Å². The lowest BCUT2D eigenvalue weighted by Crippen LogP contribution is -2.33. The lowest BCUT2D eigenvalue weighted by molar-refractivity contribution is -0.128. The van der Waals surface area contributed by atoms with Crippen molar-refractivity contribution >= 4 is 29.2 Å². The Hall–Kier alpha value is -3.75. The van der Waals surface area contributed by atoms with E-state index in [1.54, 1.807) is 13.8 Å². The summed E-state index contributed by atoms with van der Waals surface area (Å²) in [6, 6.07) is 5.49. The molecule has 158 valence electrons. The normalized spacial score (nSPS) is 17.4. The van der Waals surface area contributed by atoms with Crippen molar-refractivity contribution < 1.29 is 18.8 Å². The smallest absolute Gasteiger partial charge is 0.253 e. The van der Waals surface area contributed by atoms with Crippen molar-refractivity contribution in [3.05, 3.63) is 53.4 Å². The van der Waals surface area contributed by atoms with E-state index in [9.17, 15) is 14.0 Å². The van der Waals surface area contributed by atoms with Crippen LogP contribution in [0.2, 0.25) is 0 Å². The molecule has 8 nitrogen and oxygen atoms in total. The average molecular weight is 421 g/mol. The number of benzene rings is 1. The van der Waals surface area contributed by atoms with E-state index in [1.165, 1.54) is 12.4 Å². The van der Waals surface area contributed by atoms with Crippen LogP contribution in [0, 0.1) is 6.92 Å². The molecule has 1 aromatic heterocycles. The van der Waals surface area contributed by atoms with Gasteiger partial charge in [-0.2, -0.15) is 4.39 Å². The predicted molar refractivity (Wildman–Crippen MR) is 114 cm³/mol. The van der Waals surface area contributed by atoms with Crippen molar-refractivity contribution in [1.29, 1.82) is 0 Å². The van der Waals surface area contributed by atoms with Crippen LogP contribution in [0.25, 0.3) is 11.3 Å². The third-order valence-electron chi connectivity index (χ3n) is 5.04. The number of allylic oxidation sites excluding steroid dienone is 1. The molecule has 1 aromatic carbocycles. The van der Waals surface area contributed by atoms with Crippen LogP contribution >= 0.6 is 0 Å². The number of halogens is 1. The largest absolute Gasteiger partial charge is 0.381 e. The van der Waals surface area contributed by atoms with Crippen molar-refractivity contribution in [2.75, 3.05) is 11.9 Å². The second-order valence-electron chi connectivity index (χ2n) is 7.77. The molecular formula is C22H20FN5O3. The summed E-state index contributed by atoms with van der Waals surface area (Å²) in [5.41, 5.74) is 2.48. The number of hydrogen-bond acceptors (Lipinski definition) is 7. The summed E-state index contributed by atoms with van der Waals surface area (Å²) in [4.78, 5) is 42.2. The summed E-state index contributed by atoms with van der Waals surface area (Å²) < 4.78 is 13.3. The molecule has 0 unspecified atom stereocenters. The summed E-state index contributed by atoms with van der Waals surface area (Å²) in [6.45, 7) is 5.50. The minimum atomic E-state index is -0.984. The summed E-state index contributed by atoms with van der Waals surface area (Å²) in [6.07, 6.45) is 4.43. The van der Waals surface area contributed by atoms with Gasteiger partial charge in [-0.1, -0.05) is 17.3 Å². The van der Waals surface area contributed by atoms with Gasteiger partial charge < -0.3 is 10.2 Å². The first-order chi connectivity index (χ1) is 14.7. The maximum Gasteiger partial charge on any atom is 0.253 e. The molecule has 0 saturated carbocycles. The second kappa shape index (κ2) is 7.82. The number of Topliss-reactive ketones (excluding diaryl/α,β-unsaturated/α-hetero) is 1. The standard InChI is InChI=1S/C22H20FN5O3/c1-12-4-5-13(19-20(29)22(2,3)31-28-19)8-15(12)16-10-26-18(11-25-16)27-21(30)14-6-7-24-17(23)9-14/h4-5,8-11H,6-7H2,1-3H3,(H,26,27,30). The molecule has 0 radical (unpaired) electrons. The average Bonchev–Trinajstić information content (AvgIpc) is 3.02. The van der Waals surface area contributed by atoms with Gasteiger partial charge in [-0.3, -0.25) is 19.6 Å². The first kappa shape index (κ1) is 20.5. The minimum Gasteiger partial charge on any atom is -0.381 e. The molecular weight excluding hydrogens is 401 g/mol. The van der Waals surface area contributed by atoms with Crippen LogP contribution in [0.5, 0.6) is 0 Å². The number of aromatic nitrogens is 2. The highest BCUT2D eigenvalue weighted by Crippen LogP contribution is 2.27. The van der Waals surface area contributed by atoms with E-state index in [2.05, 4.69) is 25.4 Å². The first-order valence-electron chi connectivity index (χ1n) is 9.71. The summed E-state index contributed by atoms with van der Waals surface area (Å²) in [5.74, 6) is -1.04. The number of nitrogens with one attached hydrogen (secondary N) is 1. The highest BCUT2D eigenvalue weighted by Gasteiger charge is 2.40. The van der Waals surface area contributed by atoms with E-state index >= 15 is 0 Å². The van der Waals surface area contributed by atoms with Crippen molar-refractivity contribution in [3.8, 4) is 11.3 Å². The van der Waals surface area contributed by atoms with Gasteiger partial charge >= 0.3 is 0 Å². The van der Waals surface area contributed by atoms with Gasteiger partial charge in [0.15, 0.2) is 17.1 Å². The highest BCUT2D eigenvalue weighted by atomic mass is 19.1. The highest BCUT2D eigenvalue weighted by molar-refractivity contribution is 6.49. The van der Waals surface area contributed by atoms with Crippen molar-refractivity contribution in [2.24, 2.45) is 10.1 Å². The van der Waals surface area contributed by atoms with Gasteiger partial charge in [0.25, 0.3) is 5.91 Å². The molecule has 0 fully saturated rings. The van der Waals surface area contributed by atoms with E-state index in [1.807, 2.05) is 25.1 Å². The van der Waals surface area contributed by atoms with E-state index < -0.39 is 17.5 Å². The fourth-order valence-electron chi connectivity index (χ4n) is 3.21. The Bertz CT molecular complexity index is 1170. The lowest BCUT2D eigenvalue weighted by atomic mass is 9.93. The molecule has 0 spiro atoms. The maximum atomic E-state index is 13.3. The predicted octanol–water partition coefficient (Wildman–Crippen LogP) is 3.17. The molecule has 1 N–H and O–H groups in total. The zero-order valence-corrected chi connectivity index (χ0v) is 17.3. The Balaban J connectivity index is 1.55. The third-order valence-corrected chi connectivity index (χ3v) is 5.04. The van der Waals surface area contributed by atoms with E-state index in [0.717, 1.165) is 17.2 Å². The molecule has 0 bridgehead atoms. The van der Waals surface area contributed by atoms with Gasteiger partial charge in [-0.25, -0.2) is 4.98 Å².